The van der Waals surface area contributed by atoms with E-state index in [1.807, 2.05) is 6.07 Å². The van der Waals surface area contributed by atoms with Crippen LogP contribution in [0, 0.1) is 17.1 Å². The lowest BCUT2D eigenvalue weighted by atomic mass is 10.1. The third-order valence-corrected chi connectivity index (χ3v) is 2.81. The maximum absolute atomic E-state index is 13.1. The van der Waals surface area contributed by atoms with Crippen molar-refractivity contribution in [3.8, 4) is 6.07 Å². The van der Waals surface area contributed by atoms with Crippen LogP contribution in [0.5, 0.6) is 0 Å². The average molecular weight is 260 g/mol. The van der Waals surface area contributed by atoms with Crippen molar-refractivity contribution < 1.29 is 13.9 Å². The van der Waals surface area contributed by atoms with Gasteiger partial charge in [-0.05, 0) is 23.8 Å². The predicted molar refractivity (Wildman–Crippen MR) is 67.4 cm³/mol. The van der Waals surface area contributed by atoms with E-state index in [4.69, 9.17) is 10.00 Å². The Balaban J connectivity index is 2.19. The van der Waals surface area contributed by atoms with Gasteiger partial charge in [-0.1, -0.05) is 12.1 Å². The van der Waals surface area contributed by atoms with E-state index in [0.29, 0.717) is 31.9 Å². The van der Waals surface area contributed by atoms with Crippen LogP contribution in [-0.2, 0) is 9.53 Å². The Kier molecular flexibility index (Phi) is 4.26. The minimum Gasteiger partial charge on any atom is -0.378 e. The number of morpholine rings is 1. The van der Waals surface area contributed by atoms with Gasteiger partial charge >= 0.3 is 0 Å². The van der Waals surface area contributed by atoms with Gasteiger partial charge in [0.25, 0.3) is 5.91 Å². The van der Waals surface area contributed by atoms with Crippen LogP contribution in [-0.4, -0.2) is 37.1 Å². The van der Waals surface area contributed by atoms with Gasteiger partial charge in [-0.2, -0.15) is 5.26 Å². The first-order valence-corrected chi connectivity index (χ1v) is 5.95. The number of hydrogen-bond acceptors (Lipinski definition) is 3. The second-order valence-electron chi connectivity index (χ2n) is 4.13. The molecule has 0 radical (unpaired) electrons. The maximum Gasteiger partial charge on any atom is 0.264 e. The standard InChI is InChI=1S/C14H13FN2O2/c15-13-3-1-2-11(9-13)8-12(10-16)14(18)17-4-6-19-7-5-17/h1-3,8-9H,4-7H2/b12-8+. The molecule has 1 amide bonds. The Labute approximate surface area is 110 Å². The SMILES string of the molecule is N#C/C(=C\c1cccc(F)c1)C(=O)N1CCOCC1. The summed E-state index contributed by atoms with van der Waals surface area (Å²) in [6.07, 6.45) is 1.40. The fourth-order valence-corrected chi connectivity index (χ4v) is 1.84. The maximum atomic E-state index is 13.1. The smallest absolute Gasteiger partial charge is 0.264 e. The topological polar surface area (TPSA) is 53.3 Å². The molecular weight excluding hydrogens is 247 g/mol. The van der Waals surface area contributed by atoms with Crippen LogP contribution in [0.15, 0.2) is 29.8 Å². The highest BCUT2D eigenvalue weighted by molar-refractivity contribution is 6.01. The molecule has 4 nitrogen and oxygen atoms in total. The Bertz CT molecular complexity index is 543. The molecule has 0 aromatic heterocycles. The van der Waals surface area contributed by atoms with Crippen molar-refractivity contribution in [3.63, 3.8) is 0 Å². The zero-order valence-electron chi connectivity index (χ0n) is 10.3. The lowest BCUT2D eigenvalue weighted by Crippen LogP contribution is -2.41. The van der Waals surface area contributed by atoms with E-state index in [1.54, 1.807) is 11.0 Å². The first-order chi connectivity index (χ1) is 9.20. The van der Waals surface area contributed by atoms with E-state index in [0.717, 1.165) is 0 Å². The Morgan fingerprint density at radius 3 is 2.79 bits per heavy atom. The van der Waals surface area contributed by atoms with Gasteiger partial charge in [0, 0.05) is 13.1 Å². The molecular formula is C14H13FN2O2. The van der Waals surface area contributed by atoms with Gasteiger partial charge in [0.1, 0.15) is 17.5 Å². The second-order valence-corrected chi connectivity index (χ2v) is 4.13. The van der Waals surface area contributed by atoms with Crippen LogP contribution in [0.2, 0.25) is 0 Å². The van der Waals surface area contributed by atoms with Gasteiger partial charge in [-0.25, -0.2) is 4.39 Å². The summed E-state index contributed by atoms with van der Waals surface area (Å²) in [4.78, 5) is 13.7. The van der Waals surface area contributed by atoms with E-state index in [9.17, 15) is 9.18 Å². The molecule has 0 unspecified atom stereocenters. The number of carbonyl (C=O) groups is 1. The molecule has 0 aliphatic carbocycles. The fourth-order valence-electron chi connectivity index (χ4n) is 1.84. The van der Waals surface area contributed by atoms with Crippen LogP contribution in [0.1, 0.15) is 5.56 Å². The quantitative estimate of drug-likeness (QED) is 0.599. The van der Waals surface area contributed by atoms with E-state index >= 15 is 0 Å². The Morgan fingerprint density at radius 2 is 2.16 bits per heavy atom. The fraction of sp³-hybridized carbons (Fsp3) is 0.286. The van der Waals surface area contributed by atoms with Crippen LogP contribution >= 0.6 is 0 Å². The van der Waals surface area contributed by atoms with E-state index in [2.05, 4.69) is 0 Å². The molecule has 2 rings (SSSR count). The van der Waals surface area contributed by atoms with E-state index < -0.39 is 5.82 Å². The number of amides is 1. The van der Waals surface area contributed by atoms with Crippen LogP contribution < -0.4 is 0 Å². The molecule has 0 atom stereocenters. The molecule has 1 aromatic rings. The van der Waals surface area contributed by atoms with Crippen LogP contribution in [0.3, 0.4) is 0 Å². The molecule has 0 saturated carbocycles. The lowest BCUT2D eigenvalue weighted by Gasteiger charge is -2.26. The number of ether oxygens (including phenoxy) is 1. The number of carbonyl (C=O) groups excluding carboxylic acids is 1. The summed E-state index contributed by atoms with van der Waals surface area (Å²) >= 11 is 0. The third-order valence-electron chi connectivity index (χ3n) is 2.81. The van der Waals surface area contributed by atoms with E-state index in [-0.39, 0.29) is 11.5 Å². The van der Waals surface area contributed by atoms with Crippen molar-refractivity contribution in [1.82, 2.24) is 4.90 Å². The first-order valence-electron chi connectivity index (χ1n) is 5.95. The molecule has 19 heavy (non-hydrogen) atoms. The summed E-state index contributed by atoms with van der Waals surface area (Å²) in [7, 11) is 0. The average Bonchev–Trinajstić information content (AvgIpc) is 2.45. The number of benzene rings is 1. The summed E-state index contributed by atoms with van der Waals surface area (Å²) in [5.41, 5.74) is 0.505. The van der Waals surface area contributed by atoms with Gasteiger partial charge in [-0.15, -0.1) is 0 Å². The number of nitrogens with zero attached hydrogens (tertiary/aromatic N) is 2. The van der Waals surface area contributed by atoms with Crippen molar-refractivity contribution in [3.05, 3.63) is 41.2 Å². The molecule has 1 aliphatic heterocycles. The molecule has 1 aromatic carbocycles. The molecule has 0 spiro atoms. The van der Waals surface area contributed by atoms with Gasteiger partial charge < -0.3 is 9.64 Å². The third kappa shape index (κ3) is 3.39. The largest absolute Gasteiger partial charge is 0.378 e. The highest BCUT2D eigenvalue weighted by Crippen LogP contribution is 2.11. The molecule has 1 saturated heterocycles. The minimum absolute atomic E-state index is 0.00694. The first kappa shape index (κ1) is 13.2. The van der Waals surface area contributed by atoms with Crippen LogP contribution in [0.4, 0.5) is 4.39 Å². The molecule has 1 heterocycles. The zero-order chi connectivity index (χ0) is 13.7. The summed E-state index contributed by atoms with van der Waals surface area (Å²) in [5.74, 6) is -0.736. The van der Waals surface area contributed by atoms with Gasteiger partial charge in [-0.3, -0.25) is 4.79 Å². The normalized spacial score (nSPS) is 16.0. The number of nitriles is 1. The van der Waals surface area contributed by atoms with Crippen molar-refractivity contribution in [1.29, 1.82) is 5.26 Å². The van der Waals surface area contributed by atoms with Crippen molar-refractivity contribution >= 4 is 12.0 Å². The Morgan fingerprint density at radius 1 is 1.42 bits per heavy atom. The Hall–Kier alpha value is -2.19. The minimum atomic E-state index is -0.398. The highest BCUT2D eigenvalue weighted by atomic mass is 19.1. The van der Waals surface area contributed by atoms with E-state index in [1.165, 1.54) is 24.3 Å². The summed E-state index contributed by atoms with van der Waals surface area (Å²) in [5, 5.41) is 9.07. The van der Waals surface area contributed by atoms with Crippen molar-refractivity contribution in [2.24, 2.45) is 0 Å². The molecule has 98 valence electrons. The molecule has 0 bridgehead atoms. The summed E-state index contributed by atoms with van der Waals surface area (Å²) in [6.45, 7) is 1.90. The van der Waals surface area contributed by atoms with Gasteiger partial charge in [0.15, 0.2) is 0 Å². The molecule has 5 heteroatoms. The van der Waals surface area contributed by atoms with Crippen LogP contribution in [0.25, 0.3) is 6.08 Å². The van der Waals surface area contributed by atoms with Crippen molar-refractivity contribution in [2.75, 3.05) is 26.3 Å². The highest BCUT2D eigenvalue weighted by Gasteiger charge is 2.20. The van der Waals surface area contributed by atoms with Gasteiger partial charge in [0.2, 0.25) is 0 Å². The number of halogens is 1. The number of hydrogen-bond donors (Lipinski definition) is 0. The molecule has 0 N–H and O–H groups in total. The lowest BCUT2D eigenvalue weighted by molar-refractivity contribution is -0.130. The monoisotopic (exact) mass is 260 g/mol. The molecule has 1 fully saturated rings. The zero-order valence-corrected chi connectivity index (χ0v) is 10.3. The molecule has 1 aliphatic rings. The van der Waals surface area contributed by atoms with Gasteiger partial charge in [0.05, 0.1) is 13.2 Å². The summed E-state index contributed by atoms with van der Waals surface area (Å²) < 4.78 is 18.2. The summed E-state index contributed by atoms with van der Waals surface area (Å²) in [6, 6.07) is 7.65. The number of rotatable bonds is 2. The second kappa shape index (κ2) is 6.12. The predicted octanol–water partition coefficient (Wildman–Crippen LogP) is 1.59. The van der Waals surface area contributed by atoms with Crippen molar-refractivity contribution in [2.45, 2.75) is 0 Å².